The molecule has 25 heavy (non-hydrogen) atoms. The third kappa shape index (κ3) is 3.24. The summed E-state index contributed by atoms with van der Waals surface area (Å²) in [5.41, 5.74) is 0.890. The Balaban J connectivity index is 2.13. The molecule has 0 saturated heterocycles. The summed E-state index contributed by atoms with van der Waals surface area (Å²) < 4.78 is 6.39. The Morgan fingerprint density at radius 3 is 2.80 bits per heavy atom. The predicted molar refractivity (Wildman–Crippen MR) is 97.6 cm³/mol. The maximum atomic E-state index is 12.8. The molecule has 128 valence electrons. The van der Waals surface area contributed by atoms with E-state index in [1.807, 2.05) is 19.1 Å². The fourth-order valence-corrected chi connectivity index (χ4v) is 2.60. The van der Waals surface area contributed by atoms with Crippen molar-refractivity contribution in [1.82, 2.24) is 9.66 Å². The number of benzene rings is 2. The fourth-order valence-electron chi connectivity index (χ4n) is 2.60. The van der Waals surface area contributed by atoms with Crippen molar-refractivity contribution in [3.63, 3.8) is 0 Å². The predicted octanol–water partition coefficient (Wildman–Crippen LogP) is 2.95. The van der Waals surface area contributed by atoms with Gasteiger partial charge in [-0.3, -0.25) is 4.79 Å². The number of para-hydroxylation sites is 2. The summed E-state index contributed by atoms with van der Waals surface area (Å²) in [4.78, 5) is 17.3. The molecule has 3 aromatic rings. The average Bonchev–Trinajstić information content (AvgIpc) is 2.63. The minimum atomic E-state index is -0.229. The molecule has 0 saturated carbocycles. The first-order chi connectivity index (χ1) is 12.2. The smallest absolute Gasteiger partial charge is 0.282 e. The molecule has 1 aromatic heterocycles. The average molecular weight is 337 g/mol. The van der Waals surface area contributed by atoms with Crippen molar-refractivity contribution in [2.24, 2.45) is 5.10 Å². The van der Waals surface area contributed by atoms with Crippen LogP contribution < -0.4 is 10.3 Å². The lowest BCUT2D eigenvalue weighted by molar-refractivity contribution is 0.373. The first-order valence-electron chi connectivity index (χ1n) is 8.06. The number of methoxy groups -OCH3 is 1. The molecule has 0 amide bonds. The van der Waals surface area contributed by atoms with Crippen molar-refractivity contribution in [1.29, 1.82) is 0 Å². The minimum absolute atomic E-state index is 0.0208. The monoisotopic (exact) mass is 337 g/mol. The third-order valence-corrected chi connectivity index (χ3v) is 3.86. The molecule has 1 heterocycles. The van der Waals surface area contributed by atoms with Gasteiger partial charge in [-0.1, -0.05) is 25.1 Å². The van der Waals surface area contributed by atoms with Crippen LogP contribution in [0.3, 0.4) is 0 Å². The largest absolute Gasteiger partial charge is 0.504 e. The highest BCUT2D eigenvalue weighted by atomic mass is 16.5. The van der Waals surface area contributed by atoms with Crippen molar-refractivity contribution in [3.05, 3.63) is 64.2 Å². The molecular formula is C19H19N3O3. The van der Waals surface area contributed by atoms with Gasteiger partial charge in [0.15, 0.2) is 11.5 Å². The Hall–Kier alpha value is -3.15. The van der Waals surface area contributed by atoms with Gasteiger partial charge in [0, 0.05) is 12.0 Å². The quantitative estimate of drug-likeness (QED) is 0.726. The first kappa shape index (κ1) is 16.7. The maximum Gasteiger partial charge on any atom is 0.282 e. The van der Waals surface area contributed by atoms with Crippen LogP contribution in [0.4, 0.5) is 0 Å². The van der Waals surface area contributed by atoms with Gasteiger partial charge >= 0.3 is 0 Å². The summed E-state index contributed by atoms with van der Waals surface area (Å²) in [6.45, 7) is 2.02. The van der Waals surface area contributed by atoms with Crippen molar-refractivity contribution >= 4 is 17.1 Å². The molecule has 0 radical (unpaired) electrons. The summed E-state index contributed by atoms with van der Waals surface area (Å²) in [6.07, 6.45) is 2.90. The standard InChI is InChI=1S/C19H19N3O3/c1-3-7-17-21-15-10-5-4-9-14(15)19(24)22(17)20-12-13-8-6-11-16(25-2)18(13)23/h4-6,8-12,23H,3,7H2,1-2H3/b20-12-. The van der Waals surface area contributed by atoms with Crippen LogP contribution in [-0.2, 0) is 6.42 Å². The Bertz CT molecular complexity index is 993. The molecule has 0 aliphatic heterocycles. The van der Waals surface area contributed by atoms with Crippen molar-refractivity contribution in [2.75, 3.05) is 7.11 Å². The maximum absolute atomic E-state index is 12.8. The van der Waals surface area contributed by atoms with Crippen molar-refractivity contribution in [3.8, 4) is 11.5 Å². The molecule has 3 rings (SSSR count). The van der Waals surface area contributed by atoms with Crippen molar-refractivity contribution < 1.29 is 9.84 Å². The van der Waals surface area contributed by atoms with Crippen LogP contribution in [0.25, 0.3) is 10.9 Å². The molecule has 0 spiro atoms. The number of hydrogen-bond donors (Lipinski definition) is 1. The van der Waals surface area contributed by atoms with E-state index in [2.05, 4.69) is 10.1 Å². The van der Waals surface area contributed by atoms with E-state index in [1.165, 1.54) is 18.0 Å². The first-order valence-corrected chi connectivity index (χ1v) is 8.06. The van der Waals surface area contributed by atoms with Crippen LogP contribution in [0.1, 0.15) is 24.7 Å². The highest BCUT2D eigenvalue weighted by molar-refractivity contribution is 5.85. The van der Waals surface area contributed by atoms with Gasteiger partial charge in [0.2, 0.25) is 0 Å². The Morgan fingerprint density at radius 2 is 2.04 bits per heavy atom. The van der Waals surface area contributed by atoms with Gasteiger partial charge in [-0.2, -0.15) is 9.78 Å². The second kappa shape index (κ2) is 7.17. The van der Waals surface area contributed by atoms with E-state index in [-0.39, 0.29) is 11.3 Å². The molecule has 0 fully saturated rings. The van der Waals surface area contributed by atoms with Gasteiger partial charge in [-0.25, -0.2) is 4.98 Å². The molecule has 0 aliphatic carbocycles. The number of rotatable bonds is 5. The number of aryl methyl sites for hydroxylation is 1. The van der Waals surface area contributed by atoms with Crippen LogP contribution in [0.5, 0.6) is 11.5 Å². The molecular weight excluding hydrogens is 318 g/mol. The zero-order valence-corrected chi connectivity index (χ0v) is 14.1. The van der Waals surface area contributed by atoms with E-state index in [0.29, 0.717) is 34.5 Å². The third-order valence-electron chi connectivity index (χ3n) is 3.86. The lowest BCUT2D eigenvalue weighted by Crippen LogP contribution is -2.22. The second-order valence-electron chi connectivity index (χ2n) is 5.55. The second-order valence-corrected chi connectivity index (χ2v) is 5.55. The van der Waals surface area contributed by atoms with Crippen LogP contribution in [0, 0.1) is 0 Å². The lowest BCUT2D eigenvalue weighted by Gasteiger charge is -2.09. The SMILES string of the molecule is CCCc1nc2ccccc2c(=O)n1/N=C\c1cccc(OC)c1O. The molecule has 2 aromatic carbocycles. The van der Waals surface area contributed by atoms with Crippen molar-refractivity contribution in [2.45, 2.75) is 19.8 Å². The van der Waals surface area contributed by atoms with Gasteiger partial charge in [-0.05, 0) is 30.7 Å². The van der Waals surface area contributed by atoms with Gasteiger partial charge in [-0.15, -0.1) is 0 Å². The number of phenols is 1. The number of nitrogens with zero attached hydrogens (tertiary/aromatic N) is 3. The zero-order chi connectivity index (χ0) is 17.8. The van der Waals surface area contributed by atoms with Crippen LogP contribution in [0.2, 0.25) is 0 Å². The summed E-state index contributed by atoms with van der Waals surface area (Å²) in [7, 11) is 1.48. The van der Waals surface area contributed by atoms with Gasteiger partial charge in [0.05, 0.1) is 24.2 Å². The molecule has 0 aliphatic rings. The van der Waals surface area contributed by atoms with E-state index in [1.54, 1.807) is 30.3 Å². The van der Waals surface area contributed by atoms with E-state index in [0.717, 1.165) is 6.42 Å². The minimum Gasteiger partial charge on any atom is -0.504 e. The summed E-state index contributed by atoms with van der Waals surface area (Å²) in [5.74, 6) is 0.916. The number of ether oxygens (including phenoxy) is 1. The lowest BCUT2D eigenvalue weighted by atomic mass is 10.2. The summed E-state index contributed by atoms with van der Waals surface area (Å²) in [6, 6.07) is 12.3. The van der Waals surface area contributed by atoms with E-state index in [9.17, 15) is 9.90 Å². The highest BCUT2D eigenvalue weighted by Gasteiger charge is 2.10. The normalized spacial score (nSPS) is 11.3. The molecule has 1 N–H and O–H groups in total. The van der Waals surface area contributed by atoms with Gasteiger partial charge in [0.1, 0.15) is 5.82 Å². The number of aromatic nitrogens is 2. The summed E-state index contributed by atoms with van der Waals surface area (Å²) in [5, 5.41) is 15.0. The molecule has 0 atom stereocenters. The molecule has 0 unspecified atom stereocenters. The number of phenolic OH excluding ortho intramolecular Hbond substituents is 1. The van der Waals surface area contributed by atoms with Crippen LogP contribution in [-0.4, -0.2) is 28.1 Å². The molecule has 0 bridgehead atoms. The zero-order valence-electron chi connectivity index (χ0n) is 14.1. The van der Waals surface area contributed by atoms with Gasteiger partial charge in [0.25, 0.3) is 5.56 Å². The summed E-state index contributed by atoms with van der Waals surface area (Å²) >= 11 is 0. The van der Waals surface area contributed by atoms with Gasteiger partial charge < -0.3 is 9.84 Å². The van der Waals surface area contributed by atoms with E-state index < -0.39 is 0 Å². The number of fused-ring (bicyclic) bond motifs is 1. The van der Waals surface area contributed by atoms with E-state index >= 15 is 0 Å². The fraction of sp³-hybridized carbons (Fsp3) is 0.211. The van der Waals surface area contributed by atoms with Crippen LogP contribution >= 0.6 is 0 Å². The Morgan fingerprint density at radius 1 is 1.24 bits per heavy atom. The Kier molecular flexibility index (Phi) is 4.79. The number of hydrogen-bond acceptors (Lipinski definition) is 5. The molecule has 6 nitrogen and oxygen atoms in total. The number of aromatic hydroxyl groups is 1. The topological polar surface area (TPSA) is 76.7 Å². The van der Waals surface area contributed by atoms with E-state index in [4.69, 9.17) is 4.74 Å². The molecule has 6 heteroatoms. The highest BCUT2D eigenvalue weighted by Crippen LogP contribution is 2.28. The Labute approximate surface area is 145 Å². The van der Waals surface area contributed by atoms with Crippen LogP contribution in [0.15, 0.2) is 52.4 Å².